The Hall–Kier alpha value is -3.08. The Morgan fingerprint density at radius 2 is 1.07 bits per heavy atom. The van der Waals surface area contributed by atoms with Crippen LogP contribution in [0.15, 0.2) is 91.0 Å². The number of alkyl halides is 3. The van der Waals surface area contributed by atoms with E-state index in [1.807, 2.05) is 0 Å². The molecule has 0 aromatic heterocycles. The highest BCUT2D eigenvalue weighted by Crippen LogP contribution is 2.53. The molecule has 138 valence electrons. The second kappa shape index (κ2) is 7.27. The summed E-state index contributed by atoms with van der Waals surface area (Å²) in [5.74, 6) is -2.75. The maximum absolute atomic E-state index is 14.6. The molecule has 0 bridgehead atoms. The van der Waals surface area contributed by atoms with Crippen molar-refractivity contribution < 1.29 is 18.0 Å². The van der Waals surface area contributed by atoms with Crippen LogP contribution in [0.2, 0.25) is 0 Å². The monoisotopic (exact) mass is 369 g/mol. The predicted molar refractivity (Wildman–Crippen MR) is 98.1 cm³/mol. The summed E-state index contributed by atoms with van der Waals surface area (Å²) in [7, 11) is 0. The van der Waals surface area contributed by atoms with E-state index in [2.05, 4.69) is 0 Å². The minimum absolute atomic E-state index is 0.178. The van der Waals surface area contributed by atoms with Crippen molar-refractivity contribution in [3.8, 4) is 0 Å². The molecule has 0 saturated heterocycles. The third-order valence-electron chi connectivity index (χ3n) is 4.76. The van der Waals surface area contributed by atoms with Crippen molar-refractivity contribution >= 4 is 5.91 Å². The molecule has 0 spiro atoms. The number of carbonyl (C=O) groups excluding carboxylic acids is 1. The maximum atomic E-state index is 14.6. The summed E-state index contributed by atoms with van der Waals surface area (Å²) >= 11 is 0. The smallest absolute Gasteiger partial charge is 0.369 e. The summed E-state index contributed by atoms with van der Waals surface area (Å²) in [4.78, 5) is 12.6. The second-order valence-corrected chi connectivity index (χ2v) is 6.29. The van der Waals surface area contributed by atoms with Crippen molar-refractivity contribution in [1.29, 1.82) is 0 Å². The number of halogens is 3. The molecule has 0 saturated carbocycles. The molecule has 2 nitrogen and oxygen atoms in total. The van der Waals surface area contributed by atoms with Crippen LogP contribution in [-0.2, 0) is 10.2 Å². The number of nitrogens with two attached hydrogens (primary N) is 1. The highest BCUT2D eigenvalue weighted by molar-refractivity contribution is 5.90. The Bertz CT molecular complexity index is 856. The minimum atomic E-state index is -4.91. The van der Waals surface area contributed by atoms with E-state index in [9.17, 15) is 18.0 Å². The number of hydrogen-bond acceptors (Lipinski definition) is 1. The molecule has 0 radical (unpaired) electrons. The maximum Gasteiger partial charge on any atom is 0.408 e. The Balaban J connectivity index is 2.41. The first-order valence-electron chi connectivity index (χ1n) is 8.41. The largest absolute Gasteiger partial charge is 0.408 e. The molecule has 0 heterocycles. The van der Waals surface area contributed by atoms with Gasteiger partial charge in [-0.25, -0.2) is 0 Å². The minimum Gasteiger partial charge on any atom is -0.369 e. The van der Waals surface area contributed by atoms with Gasteiger partial charge in [-0.3, -0.25) is 4.79 Å². The van der Waals surface area contributed by atoms with Gasteiger partial charge in [0, 0.05) is 5.92 Å². The molecule has 2 N–H and O–H groups in total. The SMILES string of the molecule is NC(=O)C(c1ccccc1)(C(c1ccccc1)c1ccccc1)C(F)(F)F. The van der Waals surface area contributed by atoms with Crippen LogP contribution in [-0.4, -0.2) is 12.1 Å². The van der Waals surface area contributed by atoms with Crippen molar-refractivity contribution in [2.24, 2.45) is 5.73 Å². The zero-order valence-electron chi connectivity index (χ0n) is 14.4. The van der Waals surface area contributed by atoms with Crippen LogP contribution < -0.4 is 5.73 Å². The molecule has 1 atom stereocenters. The molecule has 0 fully saturated rings. The zero-order valence-corrected chi connectivity index (χ0v) is 14.4. The van der Waals surface area contributed by atoms with Gasteiger partial charge >= 0.3 is 6.18 Å². The van der Waals surface area contributed by atoms with Crippen molar-refractivity contribution in [2.45, 2.75) is 17.5 Å². The lowest BCUT2D eigenvalue weighted by molar-refractivity contribution is -0.197. The van der Waals surface area contributed by atoms with Gasteiger partial charge in [0.05, 0.1) is 0 Å². The molecule has 1 amide bonds. The molecular formula is C22H18F3NO. The van der Waals surface area contributed by atoms with Gasteiger partial charge in [0.2, 0.25) is 5.91 Å². The van der Waals surface area contributed by atoms with E-state index in [1.54, 1.807) is 66.7 Å². The molecular weight excluding hydrogens is 351 g/mol. The summed E-state index contributed by atoms with van der Waals surface area (Å²) in [6.45, 7) is 0. The van der Waals surface area contributed by atoms with Crippen LogP contribution in [0.5, 0.6) is 0 Å². The molecule has 27 heavy (non-hydrogen) atoms. The quantitative estimate of drug-likeness (QED) is 0.689. The molecule has 3 aromatic carbocycles. The van der Waals surface area contributed by atoms with Crippen molar-refractivity contribution in [2.75, 3.05) is 0 Å². The Morgan fingerprint density at radius 3 is 1.41 bits per heavy atom. The van der Waals surface area contributed by atoms with E-state index in [-0.39, 0.29) is 5.56 Å². The molecule has 0 aliphatic heterocycles. The summed E-state index contributed by atoms with van der Waals surface area (Å²) < 4.78 is 43.9. The van der Waals surface area contributed by atoms with Gasteiger partial charge in [0.25, 0.3) is 0 Å². The topological polar surface area (TPSA) is 43.1 Å². The van der Waals surface area contributed by atoms with Crippen molar-refractivity contribution in [3.63, 3.8) is 0 Å². The summed E-state index contributed by atoms with van der Waals surface area (Å²) in [6.07, 6.45) is -4.91. The van der Waals surface area contributed by atoms with E-state index in [0.29, 0.717) is 11.1 Å². The van der Waals surface area contributed by atoms with E-state index in [4.69, 9.17) is 5.73 Å². The number of primary amides is 1. The summed E-state index contributed by atoms with van der Waals surface area (Å²) in [6, 6.07) is 23.6. The lowest BCUT2D eigenvalue weighted by Gasteiger charge is -2.40. The average Bonchev–Trinajstić information content (AvgIpc) is 2.66. The second-order valence-electron chi connectivity index (χ2n) is 6.29. The predicted octanol–water partition coefficient (Wildman–Crippen LogP) is 4.80. The molecule has 1 unspecified atom stereocenters. The summed E-state index contributed by atoms with van der Waals surface area (Å²) in [5.41, 5.74) is 3.15. The standard InChI is InChI=1S/C22H18F3NO/c23-22(24,25)21(20(26)27,18-14-8-3-9-15-18)19(16-10-4-1-5-11-16)17-12-6-2-7-13-17/h1-15,19H,(H2,26,27). The fourth-order valence-corrected chi connectivity index (χ4v) is 3.60. The number of amides is 1. The Kier molecular flexibility index (Phi) is 5.04. The van der Waals surface area contributed by atoms with Gasteiger partial charge < -0.3 is 5.73 Å². The lowest BCUT2D eigenvalue weighted by Crippen LogP contribution is -2.56. The van der Waals surface area contributed by atoms with Gasteiger partial charge in [0.1, 0.15) is 0 Å². The van der Waals surface area contributed by atoms with Crippen molar-refractivity contribution in [1.82, 2.24) is 0 Å². The van der Waals surface area contributed by atoms with Gasteiger partial charge in [-0.05, 0) is 16.7 Å². The molecule has 3 rings (SSSR count). The first kappa shape index (κ1) is 18.7. The van der Waals surface area contributed by atoms with Gasteiger partial charge in [-0.1, -0.05) is 91.0 Å². The molecule has 5 heteroatoms. The Labute approximate surface area is 155 Å². The van der Waals surface area contributed by atoms with Gasteiger partial charge in [-0.15, -0.1) is 0 Å². The number of benzene rings is 3. The fourth-order valence-electron chi connectivity index (χ4n) is 3.60. The van der Waals surface area contributed by atoms with Crippen LogP contribution in [0.1, 0.15) is 22.6 Å². The highest BCUT2D eigenvalue weighted by atomic mass is 19.4. The molecule has 0 aliphatic rings. The third-order valence-corrected chi connectivity index (χ3v) is 4.76. The fraction of sp³-hybridized carbons (Fsp3) is 0.136. The van der Waals surface area contributed by atoms with Crippen LogP contribution in [0.3, 0.4) is 0 Å². The molecule has 0 aliphatic carbocycles. The van der Waals surface area contributed by atoms with E-state index < -0.39 is 23.4 Å². The van der Waals surface area contributed by atoms with Gasteiger partial charge in [-0.2, -0.15) is 13.2 Å². The number of hydrogen-bond donors (Lipinski definition) is 1. The van der Waals surface area contributed by atoms with Gasteiger partial charge in [0.15, 0.2) is 5.41 Å². The first-order chi connectivity index (χ1) is 12.9. The molecule has 3 aromatic rings. The van der Waals surface area contributed by atoms with E-state index in [1.165, 1.54) is 24.3 Å². The van der Waals surface area contributed by atoms with Crippen LogP contribution in [0.4, 0.5) is 13.2 Å². The number of carbonyl (C=O) groups is 1. The summed E-state index contributed by atoms with van der Waals surface area (Å²) in [5, 5.41) is 0. The van der Waals surface area contributed by atoms with E-state index >= 15 is 0 Å². The lowest BCUT2D eigenvalue weighted by atomic mass is 9.63. The first-order valence-corrected chi connectivity index (χ1v) is 8.41. The van der Waals surface area contributed by atoms with Crippen LogP contribution >= 0.6 is 0 Å². The third kappa shape index (κ3) is 3.21. The number of rotatable bonds is 5. The van der Waals surface area contributed by atoms with E-state index in [0.717, 1.165) is 0 Å². The normalized spacial score (nSPS) is 13.9. The van der Waals surface area contributed by atoms with Crippen LogP contribution in [0.25, 0.3) is 0 Å². The zero-order chi connectivity index (χ0) is 19.5. The average molecular weight is 369 g/mol. The van der Waals surface area contributed by atoms with Crippen molar-refractivity contribution in [3.05, 3.63) is 108 Å². The van der Waals surface area contributed by atoms with Crippen LogP contribution in [0, 0.1) is 0 Å². The highest BCUT2D eigenvalue weighted by Gasteiger charge is 2.65. The Morgan fingerprint density at radius 1 is 0.704 bits per heavy atom.